The molecular formula is C17H15F2N5O2S. The van der Waals surface area contributed by atoms with E-state index in [-0.39, 0.29) is 11.4 Å². The number of nitrogens with zero attached hydrogens (tertiary/aromatic N) is 4. The number of anilines is 1. The minimum atomic E-state index is -1.03. The smallest absolute Gasteiger partial charge is 0.234 e. The van der Waals surface area contributed by atoms with Gasteiger partial charge in [-0.1, -0.05) is 23.9 Å². The van der Waals surface area contributed by atoms with Gasteiger partial charge in [-0.15, -0.1) is 5.10 Å². The Hall–Kier alpha value is -3.01. The van der Waals surface area contributed by atoms with Crippen LogP contribution in [-0.4, -0.2) is 38.5 Å². The Morgan fingerprint density at radius 3 is 2.81 bits per heavy atom. The van der Waals surface area contributed by atoms with Crippen LogP contribution in [0.5, 0.6) is 5.75 Å². The maximum absolute atomic E-state index is 13.2. The molecule has 27 heavy (non-hydrogen) atoms. The second-order valence-electron chi connectivity index (χ2n) is 5.24. The first kappa shape index (κ1) is 18.8. The minimum absolute atomic E-state index is 0.0177. The Labute approximate surface area is 157 Å². The van der Waals surface area contributed by atoms with Crippen LogP contribution in [0.25, 0.3) is 5.69 Å². The van der Waals surface area contributed by atoms with Crippen molar-refractivity contribution in [2.24, 2.45) is 0 Å². The normalized spacial score (nSPS) is 10.6. The Morgan fingerprint density at radius 1 is 1.22 bits per heavy atom. The summed E-state index contributed by atoms with van der Waals surface area (Å²) in [5, 5.41) is 14.4. The summed E-state index contributed by atoms with van der Waals surface area (Å²) >= 11 is 1.10. The highest BCUT2D eigenvalue weighted by molar-refractivity contribution is 7.99. The van der Waals surface area contributed by atoms with Gasteiger partial charge in [0.05, 0.1) is 12.4 Å². The lowest BCUT2D eigenvalue weighted by Gasteiger charge is -2.10. The van der Waals surface area contributed by atoms with E-state index in [1.54, 1.807) is 12.1 Å². The molecule has 140 valence electrons. The maximum Gasteiger partial charge on any atom is 0.234 e. The van der Waals surface area contributed by atoms with E-state index in [1.807, 2.05) is 19.1 Å². The van der Waals surface area contributed by atoms with Crippen molar-refractivity contribution in [3.63, 3.8) is 0 Å². The van der Waals surface area contributed by atoms with Gasteiger partial charge in [0.1, 0.15) is 11.4 Å². The summed E-state index contributed by atoms with van der Waals surface area (Å²) in [6.45, 7) is 2.35. The van der Waals surface area contributed by atoms with Crippen molar-refractivity contribution in [2.45, 2.75) is 12.1 Å². The number of para-hydroxylation sites is 2. The molecule has 0 bridgehead atoms. The molecule has 7 nitrogen and oxygen atoms in total. The number of hydrogen-bond acceptors (Lipinski definition) is 6. The number of carbonyl (C=O) groups excluding carboxylic acids is 1. The fourth-order valence-electron chi connectivity index (χ4n) is 2.23. The van der Waals surface area contributed by atoms with Gasteiger partial charge in [-0.25, -0.2) is 8.78 Å². The van der Waals surface area contributed by atoms with Gasteiger partial charge >= 0.3 is 0 Å². The summed E-state index contributed by atoms with van der Waals surface area (Å²) in [5.41, 5.74) is 0.814. The summed E-state index contributed by atoms with van der Waals surface area (Å²) < 4.78 is 33.2. The molecule has 0 atom stereocenters. The van der Waals surface area contributed by atoms with Crippen LogP contribution in [0, 0.1) is 11.6 Å². The average Bonchev–Trinajstić information content (AvgIpc) is 3.12. The lowest BCUT2D eigenvalue weighted by molar-refractivity contribution is -0.113. The molecule has 0 unspecified atom stereocenters. The number of nitrogens with one attached hydrogen (secondary N) is 1. The van der Waals surface area contributed by atoms with Crippen molar-refractivity contribution < 1.29 is 18.3 Å². The number of hydrogen-bond donors (Lipinski definition) is 1. The number of ether oxygens (including phenoxy) is 1. The van der Waals surface area contributed by atoms with Crippen molar-refractivity contribution >= 4 is 23.4 Å². The zero-order valence-corrected chi connectivity index (χ0v) is 15.0. The van der Waals surface area contributed by atoms with Gasteiger partial charge in [0.15, 0.2) is 11.6 Å². The quantitative estimate of drug-likeness (QED) is 0.624. The van der Waals surface area contributed by atoms with E-state index in [0.29, 0.717) is 23.2 Å². The largest absolute Gasteiger partial charge is 0.492 e. The molecular weight excluding hydrogens is 376 g/mol. The van der Waals surface area contributed by atoms with Crippen LogP contribution in [0.15, 0.2) is 47.6 Å². The van der Waals surface area contributed by atoms with E-state index in [4.69, 9.17) is 4.74 Å². The van der Waals surface area contributed by atoms with Gasteiger partial charge in [0.2, 0.25) is 11.1 Å². The molecule has 1 amide bonds. The highest BCUT2D eigenvalue weighted by Gasteiger charge is 2.15. The second kappa shape index (κ2) is 8.58. The predicted molar refractivity (Wildman–Crippen MR) is 96.0 cm³/mol. The number of carbonyl (C=O) groups is 1. The lowest BCUT2D eigenvalue weighted by Crippen LogP contribution is -2.15. The molecule has 0 aliphatic rings. The van der Waals surface area contributed by atoms with Crippen molar-refractivity contribution in [3.05, 3.63) is 54.1 Å². The molecule has 1 heterocycles. The van der Waals surface area contributed by atoms with E-state index >= 15 is 0 Å². The van der Waals surface area contributed by atoms with Gasteiger partial charge < -0.3 is 10.1 Å². The van der Waals surface area contributed by atoms with Crippen molar-refractivity contribution in [1.29, 1.82) is 0 Å². The highest BCUT2D eigenvalue weighted by Crippen LogP contribution is 2.26. The fourth-order valence-corrected chi connectivity index (χ4v) is 2.91. The van der Waals surface area contributed by atoms with E-state index in [1.165, 1.54) is 10.7 Å². The molecule has 0 fully saturated rings. The monoisotopic (exact) mass is 391 g/mol. The van der Waals surface area contributed by atoms with Crippen LogP contribution >= 0.6 is 11.8 Å². The molecule has 0 aliphatic carbocycles. The van der Waals surface area contributed by atoms with E-state index in [9.17, 15) is 13.6 Å². The third-order valence-electron chi connectivity index (χ3n) is 3.37. The Balaban J connectivity index is 1.68. The average molecular weight is 391 g/mol. The number of tetrazole rings is 1. The van der Waals surface area contributed by atoms with Crippen molar-refractivity contribution in [2.75, 3.05) is 17.7 Å². The second-order valence-corrected chi connectivity index (χ2v) is 6.18. The van der Waals surface area contributed by atoms with E-state index < -0.39 is 17.5 Å². The third kappa shape index (κ3) is 4.59. The highest BCUT2D eigenvalue weighted by atomic mass is 32.2. The number of benzene rings is 2. The van der Waals surface area contributed by atoms with Crippen LogP contribution in [0.2, 0.25) is 0 Å². The van der Waals surface area contributed by atoms with Crippen molar-refractivity contribution in [3.8, 4) is 11.4 Å². The standard InChI is InChI=1S/C17H15F2N5O2S/c1-2-26-15-6-4-3-5-14(15)24-17(21-22-23-24)27-10-16(25)20-11-7-8-12(18)13(19)9-11/h3-9H,2,10H2,1H3,(H,20,25). The van der Waals surface area contributed by atoms with Crippen molar-refractivity contribution in [1.82, 2.24) is 20.2 Å². The molecule has 0 radical (unpaired) electrons. The molecule has 1 N–H and O–H groups in total. The first-order valence-corrected chi connectivity index (χ1v) is 8.95. The van der Waals surface area contributed by atoms with Crippen LogP contribution in [0.4, 0.5) is 14.5 Å². The first-order valence-electron chi connectivity index (χ1n) is 7.96. The summed E-state index contributed by atoms with van der Waals surface area (Å²) in [7, 11) is 0. The Bertz CT molecular complexity index is 951. The number of thioether (sulfide) groups is 1. The number of amides is 1. The van der Waals surface area contributed by atoms with Gasteiger partial charge in [-0.2, -0.15) is 4.68 Å². The molecule has 3 aromatic rings. The van der Waals surface area contributed by atoms with Gasteiger partial charge in [-0.3, -0.25) is 4.79 Å². The molecule has 0 saturated carbocycles. The Morgan fingerprint density at radius 2 is 2.04 bits per heavy atom. The van der Waals surface area contributed by atoms with Gasteiger partial charge in [-0.05, 0) is 41.6 Å². The molecule has 2 aromatic carbocycles. The molecule has 10 heteroatoms. The molecule has 3 rings (SSSR count). The van der Waals surface area contributed by atoms with Crippen LogP contribution in [-0.2, 0) is 4.79 Å². The summed E-state index contributed by atoms with van der Waals surface area (Å²) in [4.78, 5) is 12.1. The SMILES string of the molecule is CCOc1ccccc1-n1nnnc1SCC(=O)Nc1ccc(F)c(F)c1. The maximum atomic E-state index is 13.2. The number of halogens is 2. The summed E-state index contributed by atoms with van der Waals surface area (Å²) in [5.74, 6) is -1.82. The summed E-state index contributed by atoms with van der Waals surface area (Å²) in [6.07, 6.45) is 0. The summed E-state index contributed by atoms with van der Waals surface area (Å²) in [6, 6.07) is 10.4. The molecule has 0 aliphatic heterocycles. The van der Waals surface area contributed by atoms with Crippen LogP contribution in [0.3, 0.4) is 0 Å². The fraction of sp³-hybridized carbons (Fsp3) is 0.176. The first-order chi connectivity index (χ1) is 13.1. The number of aromatic nitrogens is 4. The van der Waals surface area contributed by atoms with E-state index in [0.717, 1.165) is 23.9 Å². The third-order valence-corrected chi connectivity index (χ3v) is 4.29. The molecule has 0 spiro atoms. The predicted octanol–water partition coefficient (Wildman–Crippen LogP) is 3.07. The van der Waals surface area contributed by atoms with E-state index in [2.05, 4.69) is 20.8 Å². The zero-order valence-electron chi connectivity index (χ0n) is 14.2. The molecule has 0 saturated heterocycles. The van der Waals surface area contributed by atoms with Gasteiger partial charge in [0.25, 0.3) is 0 Å². The van der Waals surface area contributed by atoms with Crippen LogP contribution < -0.4 is 10.1 Å². The zero-order chi connectivity index (χ0) is 19.2. The van der Waals surface area contributed by atoms with Crippen LogP contribution in [0.1, 0.15) is 6.92 Å². The minimum Gasteiger partial charge on any atom is -0.492 e. The number of rotatable bonds is 7. The lowest BCUT2D eigenvalue weighted by atomic mass is 10.3. The topological polar surface area (TPSA) is 81.9 Å². The molecule has 1 aromatic heterocycles. The Kier molecular flexibility index (Phi) is 5.97. The van der Waals surface area contributed by atoms with Gasteiger partial charge in [0, 0.05) is 11.8 Å².